The fraction of sp³-hybridized carbons (Fsp3) is 0.300. The molecule has 2 rings (SSSR count). The average Bonchev–Trinajstić information content (AvgIpc) is 2.95. The monoisotopic (exact) mass is 229 g/mol. The van der Waals surface area contributed by atoms with E-state index in [9.17, 15) is 20.0 Å². The normalized spacial score (nSPS) is 26.6. The molecule has 0 heterocycles. The third kappa shape index (κ3) is 1.86. The van der Waals surface area contributed by atoms with Crippen LogP contribution >= 0.6 is 0 Å². The predicted octanol–water partition coefficient (Wildman–Crippen LogP) is -3.06. The summed E-state index contributed by atoms with van der Waals surface area (Å²) in [6, 6.07) is 8.62. The van der Waals surface area contributed by atoms with Gasteiger partial charge in [-0.25, -0.2) is 0 Å². The third-order valence-electron chi connectivity index (χ3n) is 2.81. The van der Waals surface area contributed by atoms with Crippen LogP contribution < -0.4 is 34.7 Å². The summed E-state index contributed by atoms with van der Waals surface area (Å²) in [5.41, 5.74) is -1.22. The molecule has 78 valence electrons. The number of carbonyl (C=O) groups is 1. The van der Waals surface area contributed by atoms with Gasteiger partial charge >= 0.3 is 29.6 Å². The third-order valence-corrected chi connectivity index (χ3v) is 2.81. The first-order valence-corrected chi connectivity index (χ1v) is 4.50. The summed E-state index contributed by atoms with van der Waals surface area (Å²) >= 11 is 0. The number of hydrogen-bond acceptors (Lipinski definition) is 4. The number of carbonyl (C=O) groups excluding carboxylic acids is 1. The van der Waals surface area contributed by atoms with Gasteiger partial charge in [0.25, 0.3) is 5.54 Å². The van der Waals surface area contributed by atoms with Crippen LogP contribution in [0.15, 0.2) is 30.3 Å². The van der Waals surface area contributed by atoms with E-state index in [2.05, 4.69) is 0 Å². The zero-order valence-corrected chi connectivity index (χ0v) is 10.8. The summed E-state index contributed by atoms with van der Waals surface area (Å²) in [5.74, 6) is -2.15. The molecule has 16 heavy (non-hydrogen) atoms. The Kier molecular flexibility index (Phi) is 3.72. The zero-order valence-electron chi connectivity index (χ0n) is 8.75. The van der Waals surface area contributed by atoms with Gasteiger partial charge in [0.15, 0.2) is 0 Å². The molecule has 0 aromatic heterocycles. The molecular weight excluding hydrogens is 221 g/mol. The van der Waals surface area contributed by atoms with Gasteiger partial charge in [0.05, 0.1) is 5.92 Å². The summed E-state index contributed by atoms with van der Waals surface area (Å²) in [7, 11) is 0. The van der Waals surface area contributed by atoms with Crippen LogP contribution in [0.5, 0.6) is 0 Å². The molecule has 1 aromatic carbocycles. The first-order chi connectivity index (χ1) is 7.09. The molecule has 1 aromatic rings. The summed E-state index contributed by atoms with van der Waals surface area (Å²) in [6.07, 6.45) is 0.0202. The summed E-state index contributed by atoms with van der Waals surface area (Å²) in [6.45, 7) is 0. The summed E-state index contributed by atoms with van der Waals surface area (Å²) in [4.78, 5) is 20.7. The van der Waals surface area contributed by atoms with Crippen molar-refractivity contribution in [3.63, 3.8) is 0 Å². The van der Waals surface area contributed by atoms with Crippen molar-refractivity contribution in [2.24, 2.45) is 0 Å². The topological polar surface area (TPSA) is 83.3 Å². The molecule has 0 bridgehead atoms. The maximum Gasteiger partial charge on any atom is 1.00 e. The number of aliphatic carboxylic acids is 1. The summed E-state index contributed by atoms with van der Waals surface area (Å²) in [5, 5.41) is 21.4. The van der Waals surface area contributed by atoms with Gasteiger partial charge in [-0.15, -0.1) is 0 Å². The van der Waals surface area contributed by atoms with Crippen molar-refractivity contribution in [3.05, 3.63) is 46.0 Å². The van der Waals surface area contributed by atoms with Crippen LogP contribution in [0.2, 0.25) is 0 Å². The molecule has 2 atom stereocenters. The molecule has 0 amide bonds. The van der Waals surface area contributed by atoms with Crippen molar-refractivity contribution >= 4 is 5.97 Å². The molecule has 0 spiro atoms. The summed E-state index contributed by atoms with van der Waals surface area (Å²) < 4.78 is 0. The van der Waals surface area contributed by atoms with Crippen molar-refractivity contribution in [1.82, 2.24) is 0 Å². The van der Waals surface area contributed by atoms with E-state index < -0.39 is 22.3 Å². The van der Waals surface area contributed by atoms with Crippen LogP contribution in [0.4, 0.5) is 0 Å². The second kappa shape index (κ2) is 4.53. The first kappa shape index (κ1) is 13.2. The van der Waals surface area contributed by atoms with Gasteiger partial charge in [0, 0.05) is 11.3 Å². The molecule has 0 unspecified atom stereocenters. The maximum atomic E-state index is 10.8. The Labute approximate surface area is 114 Å². The molecular formula is C10H8NNaO4. The van der Waals surface area contributed by atoms with Crippen molar-refractivity contribution in [2.45, 2.75) is 17.9 Å². The Bertz CT molecular complexity index is 406. The molecule has 5 nitrogen and oxygen atoms in total. The van der Waals surface area contributed by atoms with Crippen LogP contribution in [0.1, 0.15) is 17.9 Å². The van der Waals surface area contributed by atoms with Gasteiger partial charge in [-0.3, -0.25) is 10.1 Å². The van der Waals surface area contributed by atoms with E-state index in [1.54, 1.807) is 30.3 Å². The van der Waals surface area contributed by atoms with Gasteiger partial charge in [-0.2, -0.15) is 0 Å². The van der Waals surface area contributed by atoms with E-state index in [0.29, 0.717) is 5.56 Å². The molecule has 1 saturated carbocycles. The molecule has 1 fully saturated rings. The minimum absolute atomic E-state index is 0. The predicted molar refractivity (Wildman–Crippen MR) is 48.5 cm³/mol. The van der Waals surface area contributed by atoms with Crippen molar-refractivity contribution in [1.29, 1.82) is 0 Å². The van der Waals surface area contributed by atoms with Crippen molar-refractivity contribution in [2.75, 3.05) is 0 Å². The maximum absolute atomic E-state index is 10.8. The number of nitro groups is 1. The van der Waals surface area contributed by atoms with Crippen LogP contribution in [0.25, 0.3) is 0 Å². The Hall–Kier alpha value is -0.910. The van der Waals surface area contributed by atoms with Crippen LogP contribution in [0, 0.1) is 10.1 Å². The van der Waals surface area contributed by atoms with E-state index in [1.165, 1.54) is 0 Å². The molecule has 0 N–H and O–H groups in total. The molecule has 1 aliphatic rings. The first-order valence-electron chi connectivity index (χ1n) is 4.50. The number of nitrogens with zero attached hydrogens (tertiary/aromatic N) is 1. The Morgan fingerprint density at radius 1 is 1.38 bits per heavy atom. The molecule has 0 radical (unpaired) electrons. The second-order valence-electron chi connectivity index (χ2n) is 3.64. The van der Waals surface area contributed by atoms with Crippen LogP contribution in [0.3, 0.4) is 0 Å². The minimum Gasteiger partial charge on any atom is -0.543 e. The second-order valence-corrected chi connectivity index (χ2v) is 3.64. The number of carboxylic acid groups (broad SMARTS) is 1. The molecule has 0 saturated heterocycles. The number of carboxylic acids is 1. The standard InChI is InChI=1S/C10H9NO4.Na/c12-9(13)10(11(14)15)6-8(10)7-4-2-1-3-5-7;/h1-5,8H,6H2,(H,12,13);/q;+1/p-1/t8-,10+;/m1./s1. The van der Waals surface area contributed by atoms with E-state index in [0.717, 1.165) is 0 Å². The van der Waals surface area contributed by atoms with Gasteiger partial charge in [0.1, 0.15) is 5.97 Å². The Balaban J connectivity index is 0.00000128. The number of hydrogen-bond donors (Lipinski definition) is 0. The largest absolute Gasteiger partial charge is 1.00 e. The molecule has 6 heteroatoms. The van der Waals surface area contributed by atoms with Crippen molar-refractivity contribution < 1.29 is 44.4 Å². The quantitative estimate of drug-likeness (QED) is 0.313. The van der Waals surface area contributed by atoms with Crippen LogP contribution in [-0.2, 0) is 4.79 Å². The fourth-order valence-corrected chi connectivity index (χ4v) is 1.83. The van der Waals surface area contributed by atoms with Crippen LogP contribution in [-0.4, -0.2) is 16.4 Å². The number of rotatable bonds is 3. The van der Waals surface area contributed by atoms with E-state index in [1.807, 2.05) is 0 Å². The van der Waals surface area contributed by atoms with Gasteiger partial charge in [-0.1, -0.05) is 30.3 Å². The molecule has 1 aliphatic carbocycles. The SMILES string of the molecule is O=C([O-])[C@]1([N+](=O)[O-])C[C@@H]1c1ccccc1.[Na+]. The van der Waals surface area contributed by atoms with Gasteiger partial charge in [0.2, 0.25) is 0 Å². The van der Waals surface area contributed by atoms with Gasteiger partial charge in [-0.05, 0) is 5.56 Å². The number of benzene rings is 1. The smallest absolute Gasteiger partial charge is 0.543 e. The van der Waals surface area contributed by atoms with Crippen molar-refractivity contribution in [3.8, 4) is 0 Å². The average molecular weight is 229 g/mol. The fourth-order valence-electron chi connectivity index (χ4n) is 1.83. The van der Waals surface area contributed by atoms with Gasteiger partial charge < -0.3 is 9.90 Å². The van der Waals surface area contributed by atoms with E-state index in [-0.39, 0.29) is 36.0 Å². The van der Waals surface area contributed by atoms with E-state index in [4.69, 9.17) is 0 Å². The minimum atomic E-state index is -1.90. The Morgan fingerprint density at radius 3 is 2.31 bits per heavy atom. The van der Waals surface area contributed by atoms with E-state index >= 15 is 0 Å². The molecule has 0 aliphatic heterocycles. The Morgan fingerprint density at radius 2 is 1.94 bits per heavy atom. The zero-order chi connectivity index (χ0) is 11.1.